The molecule has 0 aliphatic rings. The van der Waals surface area contributed by atoms with E-state index in [0.717, 1.165) is 29.5 Å². The molecule has 1 aromatic rings. The molecule has 0 bridgehead atoms. The molecule has 0 radical (unpaired) electrons. The number of unbranched alkanes of at least 4 members (excludes halogenated alkanes) is 1. The van der Waals surface area contributed by atoms with Gasteiger partial charge in [0.15, 0.2) is 0 Å². The summed E-state index contributed by atoms with van der Waals surface area (Å²) >= 11 is 0. The minimum Gasteiger partial charge on any atom is -0.469 e. The first-order chi connectivity index (χ1) is 9.02. The summed E-state index contributed by atoms with van der Waals surface area (Å²) in [5.74, 6) is -0.812. The Labute approximate surface area is 115 Å². The van der Waals surface area contributed by atoms with Gasteiger partial charge in [0.05, 0.1) is 19.1 Å². The average molecular weight is 264 g/mol. The summed E-state index contributed by atoms with van der Waals surface area (Å²) < 4.78 is 4.83. The molecule has 106 valence electrons. The minimum absolute atomic E-state index is 0.330. The largest absolute Gasteiger partial charge is 0.469 e. The van der Waals surface area contributed by atoms with Gasteiger partial charge < -0.3 is 9.84 Å². The molecule has 2 atom stereocenters. The Balaban J connectivity index is 3.04. The number of hydrogen-bond acceptors (Lipinski definition) is 3. The first kappa shape index (κ1) is 15.7. The van der Waals surface area contributed by atoms with Crippen LogP contribution in [0.5, 0.6) is 0 Å². The molecule has 0 aromatic heterocycles. The normalized spacial score (nSPS) is 13.9. The summed E-state index contributed by atoms with van der Waals surface area (Å²) in [4.78, 5) is 11.9. The standard InChI is InChI=1S/C16H24O3/c1-5-6-10-13(16(18)19-4)15(17)14-11(2)8-7-9-12(14)3/h7-9,13,15,17H,5-6,10H2,1-4H3. The van der Waals surface area contributed by atoms with E-state index in [4.69, 9.17) is 4.74 Å². The highest BCUT2D eigenvalue weighted by atomic mass is 16.5. The molecule has 0 fully saturated rings. The second-order valence-electron chi connectivity index (χ2n) is 5.02. The fraction of sp³-hybridized carbons (Fsp3) is 0.562. The Hall–Kier alpha value is -1.35. The van der Waals surface area contributed by atoms with Gasteiger partial charge >= 0.3 is 5.97 Å². The first-order valence-electron chi connectivity index (χ1n) is 6.84. The number of esters is 1. The predicted octanol–water partition coefficient (Wildman–Crippen LogP) is 3.32. The number of rotatable bonds is 6. The van der Waals surface area contributed by atoms with Crippen LogP contribution in [0.1, 0.15) is 49.0 Å². The number of carbonyl (C=O) groups excluding carboxylic acids is 1. The van der Waals surface area contributed by atoms with Crippen LogP contribution in [0.15, 0.2) is 18.2 Å². The Morgan fingerprint density at radius 2 is 1.89 bits per heavy atom. The third-order valence-corrected chi connectivity index (χ3v) is 3.59. The molecule has 0 aliphatic carbocycles. The molecule has 0 spiro atoms. The van der Waals surface area contributed by atoms with Gasteiger partial charge in [-0.05, 0) is 37.0 Å². The molecule has 1 rings (SSSR count). The number of methoxy groups -OCH3 is 1. The zero-order valence-electron chi connectivity index (χ0n) is 12.3. The number of aliphatic hydroxyl groups is 1. The van der Waals surface area contributed by atoms with Crippen LogP contribution in [0.25, 0.3) is 0 Å². The maximum atomic E-state index is 11.9. The van der Waals surface area contributed by atoms with Crippen LogP contribution in [0.4, 0.5) is 0 Å². The Morgan fingerprint density at radius 3 is 2.37 bits per heavy atom. The van der Waals surface area contributed by atoms with Gasteiger partial charge in [0.1, 0.15) is 0 Å². The van der Waals surface area contributed by atoms with Crippen LogP contribution in [0, 0.1) is 19.8 Å². The van der Waals surface area contributed by atoms with E-state index in [9.17, 15) is 9.90 Å². The molecule has 2 unspecified atom stereocenters. The van der Waals surface area contributed by atoms with Crippen molar-refractivity contribution in [2.75, 3.05) is 7.11 Å². The predicted molar refractivity (Wildman–Crippen MR) is 75.9 cm³/mol. The van der Waals surface area contributed by atoms with Gasteiger partial charge in [0.2, 0.25) is 0 Å². The molecule has 0 aliphatic heterocycles. The van der Waals surface area contributed by atoms with E-state index in [1.807, 2.05) is 32.0 Å². The van der Waals surface area contributed by atoms with E-state index in [-0.39, 0.29) is 5.97 Å². The summed E-state index contributed by atoms with van der Waals surface area (Å²) in [7, 11) is 1.37. The summed E-state index contributed by atoms with van der Waals surface area (Å²) in [6.07, 6.45) is 1.76. The second-order valence-corrected chi connectivity index (χ2v) is 5.02. The SMILES string of the molecule is CCCCC(C(=O)OC)C(O)c1c(C)cccc1C. The second kappa shape index (κ2) is 7.29. The Morgan fingerprint density at radius 1 is 1.32 bits per heavy atom. The first-order valence-corrected chi connectivity index (χ1v) is 6.84. The van der Waals surface area contributed by atoms with Crippen LogP contribution < -0.4 is 0 Å². The molecule has 3 heteroatoms. The highest BCUT2D eigenvalue weighted by molar-refractivity contribution is 5.73. The van der Waals surface area contributed by atoms with Crippen LogP contribution in [0.2, 0.25) is 0 Å². The average Bonchev–Trinajstić information content (AvgIpc) is 2.38. The Kier molecular flexibility index (Phi) is 6.03. The van der Waals surface area contributed by atoms with Crippen LogP contribution in [-0.4, -0.2) is 18.2 Å². The van der Waals surface area contributed by atoms with Crippen molar-refractivity contribution in [3.05, 3.63) is 34.9 Å². The highest BCUT2D eigenvalue weighted by Crippen LogP contribution is 2.31. The molecule has 19 heavy (non-hydrogen) atoms. The summed E-state index contributed by atoms with van der Waals surface area (Å²) in [6, 6.07) is 5.87. The number of aliphatic hydroxyl groups excluding tert-OH is 1. The zero-order valence-corrected chi connectivity index (χ0v) is 12.3. The van der Waals surface area contributed by atoms with Crippen molar-refractivity contribution < 1.29 is 14.6 Å². The lowest BCUT2D eigenvalue weighted by molar-refractivity contribution is -0.150. The van der Waals surface area contributed by atoms with E-state index in [2.05, 4.69) is 6.92 Å². The number of hydrogen-bond donors (Lipinski definition) is 1. The number of aryl methyl sites for hydroxylation is 2. The van der Waals surface area contributed by atoms with Gasteiger partial charge in [-0.2, -0.15) is 0 Å². The van der Waals surface area contributed by atoms with Crippen molar-refractivity contribution >= 4 is 5.97 Å². The fourth-order valence-electron chi connectivity index (χ4n) is 2.48. The van der Waals surface area contributed by atoms with Crippen molar-refractivity contribution in [3.8, 4) is 0 Å². The molecule has 0 heterocycles. The molecule has 0 amide bonds. The molecule has 3 nitrogen and oxygen atoms in total. The van der Waals surface area contributed by atoms with E-state index < -0.39 is 12.0 Å². The molecule has 1 N–H and O–H groups in total. The summed E-state index contributed by atoms with van der Waals surface area (Å²) in [5.41, 5.74) is 2.88. The van der Waals surface area contributed by atoms with Crippen LogP contribution in [0.3, 0.4) is 0 Å². The van der Waals surface area contributed by atoms with Gasteiger partial charge in [-0.1, -0.05) is 38.0 Å². The van der Waals surface area contributed by atoms with Crippen molar-refractivity contribution in [1.82, 2.24) is 0 Å². The quantitative estimate of drug-likeness (QED) is 0.802. The van der Waals surface area contributed by atoms with Gasteiger partial charge in [-0.3, -0.25) is 4.79 Å². The van der Waals surface area contributed by atoms with Gasteiger partial charge in [0.25, 0.3) is 0 Å². The highest BCUT2D eigenvalue weighted by Gasteiger charge is 2.30. The maximum Gasteiger partial charge on any atom is 0.311 e. The third kappa shape index (κ3) is 3.80. The monoisotopic (exact) mass is 264 g/mol. The molecule has 1 aromatic carbocycles. The lowest BCUT2D eigenvalue weighted by Gasteiger charge is -2.24. The smallest absolute Gasteiger partial charge is 0.311 e. The maximum absolute atomic E-state index is 11.9. The van der Waals surface area contributed by atoms with Gasteiger partial charge in [-0.15, -0.1) is 0 Å². The Bertz CT molecular complexity index is 406. The van der Waals surface area contributed by atoms with Gasteiger partial charge in [0, 0.05) is 0 Å². The van der Waals surface area contributed by atoms with Crippen LogP contribution in [-0.2, 0) is 9.53 Å². The number of benzene rings is 1. The lowest BCUT2D eigenvalue weighted by atomic mass is 9.87. The topological polar surface area (TPSA) is 46.5 Å². The summed E-state index contributed by atoms with van der Waals surface area (Å²) in [5, 5.41) is 10.6. The van der Waals surface area contributed by atoms with Crippen LogP contribution >= 0.6 is 0 Å². The molecular weight excluding hydrogens is 240 g/mol. The fourth-order valence-corrected chi connectivity index (χ4v) is 2.48. The lowest BCUT2D eigenvalue weighted by Crippen LogP contribution is -2.24. The third-order valence-electron chi connectivity index (χ3n) is 3.59. The van der Waals surface area contributed by atoms with E-state index in [0.29, 0.717) is 6.42 Å². The molecule has 0 saturated heterocycles. The van der Waals surface area contributed by atoms with Crippen molar-refractivity contribution in [1.29, 1.82) is 0 Å². The number of ether oxygens (including phenoxy) is 1. The van der Waals surface area contributed by atoms with E-state index in [1.54, 1.807) is 0 Å². The van der Waals surface area contributed by atoms with Crippen molar-refractivity contribution in [2.45, 2.75) is 46.1 Å². The minimum atomic E-state index is -0.791. The zero-order chi connectivity index (χ0) is 14.4. The summed E-state index contributed by atoms with van der Waals surface area (Å²) in [6.45, 7) is 5.99. The van der Waals surface area contributed by atoms with E-state index in [1.165, 1.54) is 7.11 Å². The molecular formula is C16H24O3. The van der Waals surface area contributed by atoms with Gasteiger partial charge in [-0.25, -0.2) is 0 Å². The van der Waals surface area contributed by atoms with Crippen molar-refractivity contribution in [3.63, 3.8) is 0 Å². The number of carbonyl (C=O) groups is 1. The molecule has 0 saturated carbocycles. The van der Waals surface area contributed by atoms with Crippen molar-refractivity contribution in [2.24, 2.45) is 5.92 Å². The van der Waals surface area contributed by atoms with E-state index >= 15 is 0 Å².